The number of halogens is 1. The summed E-state index contributed by atoms with van der Waals surface area (Å²) in [7, 11) is 0.906. The van der Waals surface area contributed by atoms with Crippen LogP contribution in [0.25, 0.3) is 0 Å². The molecule has 2 aromatic rings. The normalized spacial score (nSPS) is 20.8. The molecule has 0 bridgehead atoms. The van der Waals surface area contributed by atoms with Gasteiger partial charge in [-0.2, -0.15) is 5.10 Å². The van der Waals surface area contributed by atoms with Crippen molar-refractivity contribution < 1.29 is 13.7 Å². The molecule has 0 unspecified atom stereocenters. The lowest BCUT2D eigenvalue weighted by Gasteiger charge is -2.34. The van der Waals surface area contributed by atoms with Gasteiger partial charge in [-0.05, 0) is 18.2 Å². The van der Waals surface area contributed by atoms with Crippen molar-refractivity contribution in [3.8, 4) is 5.75 Å². The van der Waals surface area contributed by atoms with E-state index in [1.54, 1.807) is 15.8 Å². The van der Waals surface area contributed by atoms with Crippen LogP contribution in [0.2, 0.25) is 0 Å². The predicted molar refractivity (Wildman–Crippen MR) is 95.2 cm³/mol. The maximum Gasteiger partial charge on any atom is 0.261 e. The number of hydrogen-bond acceptors (Lipinski definition) is 4. The first-order chi connectivity index (χ1) is 11.5. The first-order valence-electron chi connectivity index (χ1n) is 7.54. The van der Waals surface area contributed by atoms with Gasteiger partial charge in [0.1, 0.15) is 5.75 Å². The van der Waals surface area contributed by atoms with Crippen molar-refractivity contribution in [2.75, 3.05) is 24.7 Å². The van der Waals surface area contributed by atoms with Crippen LogP contribution in [0.5, 0.6) is 5.75 Å². The Labute approximate surface area is 151 Å². The summed E-state index contributed by atoms with van der Waals surface area (Å²) in [5.41, 5.74) is 0.904. The van der Waals surface area contributed by atoms with Crippen LogP contribution < -0.4 is 4.74 Å². The monoisotopic (exact) mass is 411 g/mol. The second-order valence-electron chi connectivity index (χ2n) is 5.61. The zero-order valence-corrected chi connectivity index (χ0v) is 15.6. The Morgan fingerprint density at radius 1 is 1.50 bits per heavy atom. The maximum absolute atomic E-state index is 12.6. The third-order valence-electron chi connectivity index (χ3n) is 3.87. The summed E-state index contributed by atoms with van der Waals surface area (Å²) < 4.78 is 20.1. The highest BCUT2D eigenvalue weighted by atomic mass is 79.9. The van der Waals surface area contributed by atoms with Crippen LogP contribution in [0.3, 0.4) is 0 Å². The van der Waals surface area contributed by atoms with E-state index in [-0.39, 0.29) is 18.6 Å². The van der Waals surface area contributed by atoms with E-state index in [0.29, 0.717) is 23.8 Å². The first kappa shape index (κ1) is 17.2. The van der Waals surface area contributed by atoms with Crippen molar-refractivity contribution >= 4 is 32.6 Å². The molecule has 1 amide bonds. The predicted octanol–water partition coefficient (Wildman–Crippen LogP) is 1.89. The molecule has 8 heteroatoms. The minimum atomic E-state index is -0.920. The van der Waals surface area contributed by atoms with Gasteiger partial charge in [-0.25, -0.2) is 0 Å². The molecule has 128 valence electrons. The fourth-order valence-corrected chi connectivity index (χ4v) is 4.35. The molecule has 2 atom stereocenters. The number of ether oxygens (including phenoxy) is 1. The molecule has 0 radical (unpaired) electrons. The molecule has 3 rings (SSSR count). The van der Waals surface area contributed by atoms with Crippen molar-refractivity contribution in [1.29, 1.82) is 0 Å². The van der Waals surface area contributed by atoms with Crippen LogP contribution in [0.1, 0.15) is 11.6 Å². The molecule has 2 heterocycles. The van der Waals surface area contributed by atoms with E-state index in [0.717, 1.165) is 10.0 Å². The molecule has 1 aromatic carbocycles. The molecule has 0 spiro atoms. The summed E-state index contributed by atoms with van der Waals surface area (Å²) in [5, 5.41) is 4.16. The number of aryl methyl sites for hydroxylation is 1. The average Bonchev–Trinajstić information content (AvgIpc) is 2.99. The summed E-state index contributed by atoms with van der Waals surface area (Å²) >= 11 is 3.38. The quantitative estimate of drug-likeness (QED) is 0.770. The van der Waals surface area contributed by atoms with Gasteiger partial charge in [0.05, 0.1) is 12.2 Å². The van der Waals surface area contributed by atoms with Crippen molar-refractivity contribution in [3.63, 3.8) is 0 Å². The Bertz CT molecular complexity index is 765. The lowest BCUT2D eigenvalue weighted by molar-refractivity contribution is -0.135. The molecule has 24 heavy (non-hydrogen) atoms. The van der Waals surface area contributed by atoms with Crippen LogP contribution in [0.15, 0.2) is 41.1 Å². The molecular weight excluding hydrogens is 394 g/mol. The molecule has 0 N–H and O–H groups in total. The number of carbonyl (C=O) groups excluding carboxylic acids is 1. The zero-order chi connectivity index (χ0) is 17.1. The molecule has 1 aromatic heterocycles. The minimum Gasteiger partial charge on any atom is -0.484 e. The van der Waals surface area contributed by atoms with Gasteiger partial charge in [-0.15, -0.1) is 0 Å². The van der Waals surface area contributed by atoms with Gasteiger partial charge in [0, 0.05) is 52.1 Å². The number of amides is 1. The third-order valence-corrected chi connectivity index (χ3v) is 5.69. The molecule has 1 aliphatic heterocycles. The number of carbonyl (C=O) groups is 1. The van der Waals surface area contributed by atoms with Crippen molar-refractivity contribution in [1.82, 2.24) is 14.7 Å². The SMILES string of the molecule is Cn1cc([C@H]2C[S@@](=O)CCN2C(=O)COc2cccc(Br)c2)cn1. The second-order valence-corrected chi connectivity index (χ2v) is 8.14. The maximum atomic E-state index is 12.6. The Hall–Kier alpha value is -1.67. The molecule has 1 fully saturated rings. The number of rotatable bonds is 4. The van der Waals surface area contributed by atoms with Crippen LogP contribution in [0.4, 0.5) is 0 Å². The summed E-state index contributed by atoms with van der Waals surface area (Å²) in [4.78, 5) is 14.4. The molecule has 1 aliphatic rings. The molecule has 0 aliphatic carbocycles. The standard InChI is InChI=1S/C16H18BrN3O3S/c1-19-9-12(8-18-19)15-11-24(22)6-5-20(15)16(21)10-23-14-4-2-3-13(17)7-14/h2-4,7-9,15H,5-6,10-11H2,1H3/t15-,24+/m1/s1. The van der Waals surface area contributed by atoms with Crippen molar-refractivity contribution in [2.24, 2.45) is 7.05 Å². The summed E-state index contributed by atoms with van der Waals surface area (Å²) in [6.45, 7) is 0.423. The fraction of sp³-hybridized carbons (Fsp3) is 0.375. The Kier molecular flexibility index (Phi) is 5.35. The molecule has 6 nitrogen and oxygen atoms in total. The average molecular weight is 412 g/mol. The van der Waals surface area contributed by atoms with Crippen molar-refractivity contribution in [2.45, 2.75) is 6.04 Å². The Balaban J connectivity index is 1.70. The van der Waals surface area contributed by atoms with E-state index in [2.05, 4.69) is 21.0 Å². The van der Waals surface area contributed by atoms with Crippen LogP contribution >= 0.6 is 15.9 Å². The van der Waals surface area contributed by atoms with E-state index in [1.807, 2.05) is 37.5 Å². The third kappa shape index (κ3) is 4.05. The van der Waals surface area contributed by atoms with Crippen LogP contribution in [-0.4, -0.2) is 49.5 Å². The second kappa shape index (κ2) is 7.48. The molecule has 0 saturated carbocycles. The lowest BCUT2D eigenvalue weighted by Crippen LogP contribution is -2.46. The van der Waals surface area contributed by atoms with Gasteiger partial charge < -0.3 is 9.64 Å². The zero-order valence-electron chi connectivity index (χ0n) is 13.2. The van der Waals surface area contributed by atoms with Crippen LogP contribution in [-0.2, 0) is 22.6 Å². The lowest BCUT2D eigenvalue weighted by atomic mass is 10.1. The summed E-state index contributed by atoms with van der Waals surface area (Å²) in [6.07, 6.45) is 3.59. The Morgan fingerprint density at radius 2 is 2.33 bits per heavy atom. The number of aromatic nitrogens is 2. The number of nitrogens with zero attached hydrogens (tertiary/aromatic N) is 3. The van der Waals surface area contributed by atoms with E-state index < -0.39 is 10.8 Å². The van der Waals surface area contributed by atoms with Gasteiger partial charge >= 0.3 is 0 Å². The summed E-state index contributed by atoms with van der Waals surface area (Å²) in [5.74, 6) is 1.46. The fourth-order valence-electron chi connectivity index (χ4n) is 2.68. The van der Waals surface area contributed by atoms with Gasteiger partial charge in [-0.1, -0.05) is 22.0 Å². The topological polar surface area (TPSA) is 64.4 Å². The number of benzene rings is 1. The largest absolute Gasteiger partial charge is 0.484 e. The van der Waals surface area contributed by atoms with Gasteiger partial charge in [0.2, 0.25) is 0 Å². The van der Waals surface area contributed by atoms with E-state index in [4.69, 9.17) is 4.74 Å². The van der Waals surface area contributed by atoms with Crippen LogP contribution in [0, 0.1) is 0 Å². The van der Waals surface area contributed by atoms with Gasteiger partial charge in [-0.3, -0.25) is 13.7 Å². The Morgan fingerprint density at radius 3 is 3.04 bits per heavy atom. The summed E-state index contributed by atoms with van der Waals surface area (Å²) in [6, 6.07) is 7.16. The van der Waals surface area contributed by atoms with Gasteiger partial charge in [0.15, 0.2) is 6.61 Å². The highest BCUT2D eigenvalue weighted by Gasteiger charge is 2.32. The van der Waals surface area contributed by atoms with E-state index in [1.165, 1.54) is 0 Å². The molecule has 1 saturated heterocycles. The molecular formula is C16H18BrN3O3S. The van der Waals surface area contributed by atoms with Gasteiger partial charge in [0.25, 0.3) is 5.91 Å². The van der Waals surface area contributed by atoms with Crippen molar-refractivity contribution in [3.05, 3.63) is 46.7 Å². The van der Waals surface area contributed by atoms with E-state index in [9.17, 15) is 9.00 Å². The number of hydrogen-bond donors (Lipinski definition) is 0. The highest BCUT2D eigenvalue weighted by molar-refractivity contribution is 9.10. The van der Waals surface area contributed by atoms with E-state index >= 15 is 0 Å². The smallest absolute Gasteiger partial charge is 0.261 e. The minimum absolute atomic E-state index is 0.0418. The highest BCUT2D eigenvalue weighted by Crippen LogP contribution is 2.25. The first-order valence-corrected chi connectivity index (χ1v) is 9.82.